The highest BCUT2D eigenvalue weighted by Crippen LogP contribution is 2.27. The lowest BCUT2D eigenvalue weighted by Crippen LogP contribution is -2.40. The predicted molar refractivity (Wildman–Crippen MR) is 102 cm³/mol. The third-order valence-corrected chi connectivity index (χ3v) is 7.50. The first-order chi connectivity index (χ1) is 11.8. The van der Waals surface area contributed by atoms with Crippen LogP contribution in [0.25, 0.3) is 0 Å². The number of sulfonamides is 1. The average molecular weight is 421 g/mol. The molecule has 0 aliphatic carbocycles. The minimum atomic E-state index is -3.74. The Morgan fingerprint density at radius 2 is 1.84 bits per heavy atom. The second-order valence-electron chi connectivity index (χ2n) is 5.32. The number of halogens is 2. The van der Waals surface area contributed by atoms with Crippen LogP contribution in [0.5, 0.6) is 0 Å². The number of thiophene rings is 1. The molecular weight excluding hydrogens is 403 g/mol. The second-order valence-corrected chi connectivity index (χ2v) is 9.71. The first-order valence-corrected chi connectivity index (χ1v) is 10.5. The van der Waals surface area contributed by atoms with Crippen molar-refractivity contribution in [2.24, 2.45) is 0 Å². The van der Waals surface area contributed by atoms with E-state index in [-0.39, 0.29) is 16.7 Å². The third kappa shape index (κ3) is 4.95. The Bertz CT molecular complexity index is 853. The van der Waals surface area contributed by atoms with Gasteiger partial charge in [0, 0.05) is 25.2 Å². The van der Waals surface area contributed by atoms with Crippen molar-refractivity contribution >= 4 is 50.5 Å². The van der Waals surface area contributed by atoms with Crippen LogP contribution in [0.1, 0.15) is 12.5 Å². The maximum absolute atomic E-state index is 12.5. The van der Waals surface area contributed by atoms with Gasteiger partial charge in [0.25, 0.3) is 10.0 Å². The van der Waals surface area contributed by atoms with Crippen LogP contribution in [0.15, 0.2) is 40.6 Å². The van der Waals surface area contributed by atoms with Gasteiger partial charge < -0.3 is 4.90 Å². The molecule has 25 heavy (non-hydrogen) atoms. The molecule has 2 rings (SSSR count). The number of hydrogen-bond donors (Lipinski definition) is 0. The number of carbonyl (C=O) groups is 1. The van der Waals surface area contributed by atoms with Gasteiger partial charge in [0.05, 0.1) is 10.9 Å². The summed E-state index contributed by atoms with van der Waals surface area (Å²) in [4.78, 5) is 14.1. The van der Waals surface area contributed by atoms with Crippen molar-refractivity contribution in [3.8, 4) is 0 Å². The molecule has 136 valence electrons. The van der Waals surface area contributed by atoms with Gasteiger partial charge in [-0.15, -0.1) is 11.3 Å². The van der Waals surface area contributed by atoms with Crippen molar-refractivity contribution in [3.05, 3.63) is 51.3 Å². The van der Waals surface area contributed by atoms with E-state index in [1.54, 1.807) is 11.0 Å². The van der Waals surface area contributed by atoms with E-state index >= 15 is 0 Å². The van der Waals surface area contributed by atoms with E-state index in [1.165, 1.54) is 19.2 Å². The van der Waals surface area contributed by atoms with Crippen LogP contribution in [-0.4, -0.2) is 43.7 Å². The van der Waals surface area contributed by atoms with Gasteiger partial charge >= 0.3 is 0 Å². The molecule has 9 heteroatoms. The van der Waals surface area contributed by atoms with E-state index in [0.29, 0.717) is 22.4 Å². The number of benzene rings is 1. The fraction of sp³-hybridized carbons (Fsp3) is 0.312. The molecule has 0 N–H and O–H groups in total. The standard InChI is InChI=1S/C16H18Cl2N2O3S2/c1-3-20(10-12-6-4-5-7-13(12)17)15(21)11-19(2)25(22,23)16-9-8-14(18)24-16/h4-9H,3,10-11H2,1-2H3. The number of likely N-dealkylation sites (N-methyl/N-ethyl adjacent to an activating group) is 2. The lowest BCUT2D eigenvalue weighted by atomic mass is 10.2. The molecule has 0 saturated heterocycles. The molecule has 1 amide bonds. The normalized spacial score (nSPS) is 11.7. The Morgan fingerprint density at radius 1 is 1.16 bits per heavy atom. The van der Waals surface area contributed by atoms with E-state index in [9.17, 15) is 13.2 Å². The summed E-state index contributed by atoms with van der Waals surface area (Å²) in [6.45, 7) is 2.36. The van der Waals surface area contributed by atoms with Crippen LogP contribution in [0.2, 0.25) is 9.36 Å². The van der Waals surface area contributed by atoms with Crippen LogP contribution >= 0.6 is 34.5 Å². The maximum atomic E-state index is 12.5. The quantitative estimate of drug-likeness (QED) is 0.685. The summed E-state index contributed by atoms with van der Waals surface area (Å²) in [6, 6.07) is 10.2. The molecule has 1 heterocycles. The Labute approximate surface area is 161 Å². The SMILES string of the molecule is CCN(Cc1ccccc1Cl)C(=O)CN(C)S(=O)(=O)c1ccc(Cl)s1. The number of hydrogen-bond acceptors (Lipinski definition) is 4. The van der Waals surface area contributed by atoms with E-state index in [4.69, 9.17) is 23.2 Å². The molecule has 0 atom stereocenters. The average Bonchev–Trinajstić information content (AvgIpc) is 3.01. The van der Waals surface area contributed by atoms with Crippen LogP contribution in [-0.2, 0) is 21.4 Å². The summed E-state index contributed by atoms with van der Waals surface area (Å²) in [5.74, 6) is -0.295. The topological polar surface area (TPSA) is 57.7 Å². The van der Waals surface area contributed by atoms with Crippen LogP contribution in [0.3, 0.4) is 0 Å². The van der Waals surface area contributed by atoms with Gasteiger partial charge in [0.15, 0.2) is 0 Å². The Hall–Kier alpha value is -1.12. The Kier molecular flexibility index (Phi) is 6.87. The first-order valence-electron chi connectivity index (χ1n) is 7.48. The summed E-state index contributed by atoms with van der Waals surface area (Å²) >= 11 is 12.9. The largest absolute Gasteiger partial charge is 0.337 e. The number of carbonyl (C=O) groups excluding carboxylic acids is 1. The van der Waals surface area contributed by atoms with Crippen molar-refractivity contribution in [3.63, 3.8) is 0 Å². The number of nitrogens with zero attached hydrogens (tertiary/aromatic N) is 2. The zero-order valence-electron chi connectivity index (χ0n) is 13.8. The summed E-state index contributed by atoms with van der Waals surface area (Å²) in [5.41, 5.74) is 0.815. The van der Waals surface area contributed by atoms with Gasteiger partial charge in [0.2, 0.25) is 5.91 Å². The molecule has 1 aromatic heterocycles. The fourth-order valence-corrected chi connectivity index (χ4v) is 5.18. The van der Waals surface area contributed by atoms with Crippen molar-refractivity contribution in [2.45, 2.75) is 17.7 Å². The fourth-order valence-electron chi connectivity index (χ4n) is 2.17. The molecular formula is C16H18Cl2N2O3S2. The van der Waals surface area contributed by atoms with Gasteiger partial charge in [-0.2, -0.15) is 4.31 Å². The maximum Gasteiger partial charge on any atom is 0.252 e. The minimum Gasteiger partial charge on any atom is -0.337 e. The van der Waals surface area contributed by atoms with Gasteiger partial charge in [-0.3, -0.25) is 4.79 Å². The van der Waals surface area contributed by atoms with Gasteiger partial charge in [0.1, 0.15) is 4.21 Å². The molecule has 0 radical (unpaired) electrons. The Balaban J connectivity index is 2.09. The van der Waals surface area contributed by atoms with Crippen LogP contribution in [0, 0.1) is 0 Å². The molecule has 0 fully saturated rings. The first kappa shape index (κ1) is 20.2. The number of amides is 1. The highest BCUT2D eigenvalue weighted by atomic mass is 35.5. The smallest absolute Gasteiger partial charge is 0.252 e. The van der Waals surface area contributed by atoms with Crippen molar-refractivity contribution in [2.75, 3.05) is 20.1 Å². The summed E-state index contributed by atoms with van der Waals surface area (Å²) in [5, 5.41) is 0.572. The number of rotatable bonds is 7. The molecule has 1 aromatic carbocycles. The highest BCUT2D eigenvalue weighted by Gasteiger charge is 2.26. The monoisotopic (exact) mass is 420 g/mol. The van der Waals surface area contributed by atoms with E-state index in [0.717, 1.165) is 21.2 Å². The molecule has 5 nitrogen and oxygen atoms in total. The molecule has 0 unspecified atom stereocenters. The lowest BCUT2D eigenvalue weighted by molar-refractivity contribution is -0.131. The van der Waals surface area contributed by atoms with Gasteiger partial charge in [-0.05, 0) is 30.7 Å². The van der Waals surface area contributed by atoms with Gasteiger partial charge in [-0.25, -0.2) is 8.42 Å². The minimum absolute atomic E-state index is 0.113. The van der Waals surface area contributed by atoms with E-state index in [2.05, 4.69) is 0 Å². The van der Waals surface area contributed by atoms with Crippen LogP contribution < -0.4 is 0 Å². The third-order valence-electron chi connectivity index (χ3n) is 3.62. The predicted octanol–water partition coefficient (Wildman–Crippen LogP) is 3.72. The lowest BCUT2D eigenvalue weighted by Gasteiger charge is -2.24. The highest BCUT2D eigenvalue weighted by molar-refractivity contribution is 7.91. The van der Waals surface area contributed by atoms with Crippen LogP contribution in [0.4, 0.5) is 0 Å². The van der Waals surface area contributed by atoms with Crippen molar-refractivity contribution in [1.82, 2.24) is 9.21 Å². The molecule has 0 aliphatic rings. The van der Waals surface area contributed by atoms with E-state index in [1.807, 2.05) is 25.1 Å². The molecule has 0 saturated carbocycles. The molecule has 0 spiro atoms. The summed E-state index contributed by atoms with van der Waals surface area (Å²) < 4.78 is 26.5. The Morgan fingerprint density at radius 3 is 2.40 bits per heavy atom. The summed E-state index contributed by atoms with van der Waals surface area (Å²) in [6.07, 6.45) is 0. The molecule has 0 aliphatic heterocycles. The summed E-state index contributed by atoms with van der Waals surface area (Å²) in [7, 11) is -2.36. The van der Waals surface area contributed by atoms with Crippen molar-refractivity contribution < 1.29 is 13.2 Å². The molecule has 2 aromatic rings. The second kappa shape index (κ2) is 8.51. The molecule has 0 bridgehead atoms. The zero-order valence-corrected chi connectivity index (χ0v) is 16.9. The van der Waals surface area contributed by atoms with Crippen molar-refractivity contribution in [1.29, 1.82) is 0 Å². The zero-order chi connectivity index (χ0) is 18.6. The van der Waals surface area contributed by atoms with E-state index < -0.39 is 10.0 Å². The van der Waals surface area contributed by atoms with Gasteiger partial charge in [-0.1, -0.05) is 41.4 Å².